The van der Waals surface area contributed by atoms with E-state index in [1.54, 1.807) is 6.07 Å². The van der Waals surface area contributed by atoms with Gasteiger partial charge in [-0.1, -0.05) is 11.6 Å². The Hall–Kier alpha value is -1.50. The van der Waals surface area contributed by atoms with Gasteiger partial charge in [-0.05, 0) is 19.9 Å². The van der Waals surface area contributed by atoms with Crippen molar-refractivity contribution in [2.75, 3.05) is 32.0 Å². The summed E-state index contributed by atoms with van der Waals surface area (Å²) in [5.41, 5.74) is 6.54. The standard InChI is InChI=1S/C15H22ClN3O3/c1-9(2)22-14-6-13(17)12(16)5-11(14)15(20)19-8-10-7-18-3-4-21-10/h5-6,9-10,18H,3-4,7-8,17H2,1-2H3,(H,19,20). The van der Waals surface area contributed by atoms with Gasteiger partial charge in [0.1, 0.15) is 5.75 Å². The molecule has 4 N–H and O–H groups in total. The highest BCUT2D eigenvalue weighted by Gasteiger charge is 2.19. The fourth-order valence-electron chi connectivity index (χ4n) is 2.15. The number of rotatable bonds is 5. The van der Waals surface area contributed by atoms with Crippen molar-refractivity contribution in [3.63, 3.8) is 0 Å². The first-order valence-electron chi connectivity index (χ1n) is 7.33. The molecule has 122 valence electrons. The molecule has 0 spiro atoms. The van der Waals surface area contributed by atoms with Gasteiger partial charge < -0.3 is 25.8 Å². The van der Waals surface area contributed by atoms with Crippen molar-refractivity contribution in [3.05, 3.63) is 22.7 Å². The highest BCUT2D eigenvalue weighted by atomic mass is 35.5. The normalized spacial score (nSPS) is 18.3. The summed E-state index contributed by atoms with van der Waals surface area (Å²) in [6.07, 6.45) is -0.102. The highest BCUT2D eigenvalue weighted by Crippen LogP contribution is 2.29. The molecule has 0 saturated carbocycles. The van der Waals surface area contributed by atoms with Crippen molar-refractivity contribution in [2.45, 2.75) is 26.1 Å². The van der Waals surface area contributed by atoms with Gasteiger partial charge in [0.25, 0.3) is 5.91 Å². The van der Waals surface area contributed by atoms with E-state index < -0.39 is 0 Å². The van der Waals surface area contributed by atoms with Crippen LogP contribution in [0.25, 0.3) is 0 Å². The van der Waals surface area contributed by atoms with Crippen LogP contribution in [0, 0.1) is 0 Å². The third-order valence-electron chi connectivity index (χ3n) is 3.20. The third kappa shape index (κ3) is 4.50. The Kier molecular flexibility index (Phi) is 5.88. The lowest BCUT2D eigenvalue weighted by Crippen LogP contribution is -2.45. The molecular formula is C15H22ClN3O3. The molecule has 1 aliphatic rings. The lowest BCUT2D eigenvalue weighted by molar-refractivity contribution is 0.0287. The van der Waals surface area contributed by atoms with E-state index in [0.29, 0.717) is 35.2 Å². The first kappa shape index (κ1) is 16.9. The fraction of sp³-hybridized carbons (Fsp3) is 0.533. The van der Waals surface area contributed by atoms with Gasteiger partial charge in [0.15, 0.2) is 0 Å². The maximum Gasteiger partial charge on any atom is 0.255 e. The number of nitrogens with two attached hydrogens (primary N) is 1. The number of carbonyl (C=O) groups is 1. The number of anilines is 1. The van der Waals surface area contributed by atoms with Crippen LogP contribution in [0.3, 0.4) is 0 Å². The van der Waals surface area contributed by atoms with E-state index in [9.17, 15) is 4.79 Å². The largest absolute Gasteiger partial charge is 0.490 e. The van der Waals surface area contributed by atoms with E-state index in [0.717, 1.165) is 13.1 Å². The minimum Gasteiger partial charge on any atom is -0.490 e. The molecule has 1 heterocycles. The molecule has 1 fully saturated rings. The number of ether oxygens (including phenoxy) is 2. The zero-order chi connectivity index (χ0) is 16.1. The molecule has 1 aromatic rings. The number of amides is 1. The number of carbonyl (C=O) groups excluding carboxylic acids is 1. The summed E-state index contributed by atoms with van der Waals surface area (Å²) in [4.78, 5) is 12.4. The summed E-state index contributed by atoms with van der Waals surface area (Å²) in [7, 11) is 0. The van der Waals surface area contributed by atoms with Crippen LogP contribution in [-0.2, 0) is 4.74 Å². The number of hydrogen-bond acceptors (Lipinski definition) is 5. The summed E-state index contributed by atoms with van der Waals surface area (Å²) in [6, 6.07) is 3.11. The van der Waals surface area contributed by atoms with Crippen molar-refractivity contribution >= 4 is 23.2 Å². The number of halogens is 1. The Labute approximate surface area is 135 Å². The lowest BCUT2D eigenvalue weighted by Gasteiger charge is -2.24. The maximum absolute atomic E-state index is 12.4. The van der Waals surface area contributed by atoms with E-state index in [4.69, 9.17) is 26.8 Å². The Morgan fingerprint density at radius 3 is 3.00 bits per heavy atom. The summed E-state index contributed by atoms with van der Waals surface area (Å²) in [6.45, 7) is 6.40. The minimum atomic E-state index is -0.258. The molecule has 0 radical (unpaired) electrons. The number of benzene rings is 1. The van der Waals surface area contributed by atoms with Crippen LogP contribution in [-0.4, -0.2) is 44.4 Å². The van der Waals surface area contributed by atoms with Gasteiger partial charge in [-0.2, -0.15) is 0 Å². The first-order valence-corrected chi connectivity index (χ1v) is 7.71. The van der Waals surface area contributed by atoms with Crippen LogP contribution < -0.4 is 21.1 Å². The topological polar surface area (TPSA) is 85.6 Å². The Balaban J connectivity index is 2.08. The monoisotopic (exact) mass is 327 g/mol. The Morgan fingerprint density at radius 1 is 1.59 bits per heavy atom. The van der Waals surface area contributed by atoms with Gasteiger partial charge in [-0.25, -0.2) is 0 Å². The fourth-order valence-corrected chi connectivity index (χ4v) is 2.31. The molecule has 0 bridgehead atoms. The van der Waals surface area contributed by atoms with Gasteiger partial charge in [-0.15, -0.1) is 0 Å². The van der Waals surface area contributed by atoms with Crippen molar-refractivity contribution in [2.24, 2.45) is 0 Å². The van der Waals surface area contributed by atoms with Crippen molar-refractivity contribution in [3.8, 4) is 5.75 Å². The lowest BCUT2D eigenvalue weighted by atomic mass is 10.1. The van der Waals surface area contributed by atoms with E-state index in [-0.39, 0.29) is 18.1 Å². The quantitative estimate of drug-likeness (QED) is 0.712. The molecule has 1 atom stereocenters. The summed E-state index contributed by atoms with van der Waals surface area (Å²) in [5, 5.41) is 6.39. The molecular weight excluding hydrogens is 306 g/mol. The van der Waals surface area contributed by atoms with Gasteiger partial charge in [0.2, 0.25) is 0 Å². The summed E-state index contributed by atoms with van der Waals surface area (Å²) in [5.74, 6) is 0.170. The molecule has 1 amide bonds. The molecule has 22 heavy (non-hydrogen) atoms. The van der Waals surface area contributed by atoms with Gasteiger partial charge in [0, 0.05) is 25.7 Å². The predicted octanol–water partition coefficient (Wildman–Crippen LogP) is 1.43. The minimum absolute atomic E-state index is 0.0311. The molecule has 2 rings (SSSR count). The summed E-state index contributed by atoms with van der Waals surface area (Å²) >= 11 is 6.02. The molecule has 1 aromatic carbocycles. The smallest absolute Gasteiger partial charge is 0.255 e. The second kappa shape index (κ2) is 7.67. The number of morpholine rings is 1. The van der Waals surface area contributed by atoms with E-state index in [1.807, 2.05) is 13.8 Å². The zero-order valence-electron chi connectivity index (χ0n) is 12.8. The van der Waals surface area contributed by atoms with Crippen LogP contribution in [0.5, 0.6) is 5.75 Å². The van der Waals surface area contributed by atoms with Gasteiger partial charge >= 0.3 is 0 Å². The van der Waals surface area contributed by atoms with Crippen LogP contribution in [0.2, 0.25) is 5.02 Å². The Bertz CT molecular complexity index is 531. The number of nitrogens with one attached hydrogen (secondary N) is 2. The van der Waals surface area contributed by atoms with Crippen molar-refractivity contribution in [1.29, 1.82) is 0 Å². The van der Waals surface area contributed by atoms with E-state index in [2.05, 4.69) is 10.6 Å². The van der Waals surface area contributed by atoms with Crippen LogP contribution in [0.1, 0.15) is 24.2 Å². The Morgan fingerprint density at radius 2 is 2.36 bits per heavy atom. The number of hydrogen-bond donors (Lipinski definition) is 3. The zero-order valence-corrected chi connectivity index (χ0v) is 13.6. The van der Waals surface area contributed by atoms with Crippen LogP contribution in [0.4, 0.5) is 5.69 Å². The summed E-state index contributed by atoms with van der Waals surface area (Å²) < 4.78 is 11.2. The van der Waals surface area contributed by atoms with Crippen molar-refractivity contribution < 1.29 is 14.3 Å². The average molecular weight is 328 g/mol. The molecule has 0 aromatic heterocycles. The van der Waals surface area contributed by atoms with Crippen LogP contribution in [0.15, 0.2) is 12.1 Å². The third-order valence-corrected chi connectivity index (χ3v) is 3.53. The SMILES string of the molecule is CC(C)Oc1cc(N)c(Cl)cc1C(=O)NCC1CNCCO1. The molecule has 6 nitrogen and oxygen atoms in total. The average Bonchev–Trinajstić information content (AvgIpc) is 2.49. The highest BCUT2D eigenvalue weighted by molar-refractivity contribution is 6.33. The second-order valence-electron chi connectivity index (χ2n) is 5.44. The predicted molar refractivity (Wildman–Crippen MR) is 86.6 cm³/mol. The molecule has 1 saturated heterocycles. The van der Waals surface area contributed by atoms with E-state index >= 15 is 0 Å². The first-order chi connectivity index (χ1) is 10.5. The second-order valence-corrected chi connectivity index (χ2v) is 5.85. The number of nitrogen functional groups attached to an aromatic ring is 1. The van der Waals surface area contributed by atoms with Gasteiger partial charge in [-0.3, -0.25) is 4.79 Å². The molecule has 1 aliphatic heterocycles. The molecule has 0 aliphatic carbocycles. The maximum atomic E-state index is 12.4. The van der Waals surface area contributed by atoms with Gasteiger partial charge in [0.05, 0.1) is 35.1 Å². The van der Waals surface area contributed by atoms with Crippen molar-refractivity contribution in [1.82, 2.24) is 10.6 Å². The van der Waals surface area contributed by atoms with E-state index in [1.165, 1.54) is 6.07 Å². The van der Waals surface area contributed by atoms with Crippen LogP contribution >= 0.6 is 11.6 Å². The molecule has 1 unspecified atom stereocenters. The molecule has 7 heteroatoms.